The highest BCUT2D eigenvalue weighted by Gasteiger charge is 2.57. The molecule has 0 saturated carbocycles. The largest absolute Gasteiger partial charge is 0.458 e. The number of alkyl halides is 1. The number of aromatic nitrogens is 1. The predicted octanol–water partition coefficient (Wildman–Crippen LogP) is -0.545. The van der Waals surface area contributed by atoms with Crippen LogP contribution in [0.4, 0.5) is 10.8 Å². The van der Waals surface area contributed by atoms with Crippen LogP contribution in [0.2, 0.25) is 0 Å². The molecule has 4 amide bonds. The van der Waals surface area contributed by atoms with Gasteiger partial charge in [0.1, 0.15) is 24.2 Å². The van der Waals surface area contributed by atoms with E-state index in [0.29, 0.717) is 5.56 Å². The second kappa shape index (κ2) is 13.3. The lowest BCUT2D eigenvalue weighted by Crippen LogP contribution is -2.75. The molecule has 3 rings (SSSR count). The highest BCUT2D eigenvalue weighted by molar-refractivity contribution is 7.84. The number of nitro benzene ring substituents is 1. The van der Waals surface area contributed by atoms with Crippen LogP contribution in [0.3, 0.4) is 0 Å². The zero-order valence-corrected chi connectivity index (χ0v) is 24.8. The average molecular weight is 676 g/mol. The summed E-state index contributed by atoms with van der Waals surface area (Å²) in [4.78, 5) is 81.2. The fourth-order valence-electron chi connectivity index (χ4n) is 3.38. The lowest BCUT2D eigenvalue weighted by Gasteiger charge is -2.41. The number of β-lactam (4-membered cyclic amide) rings is 1. The number of primary amides is 1. The molecule has 1 aliphatic rings. The maximum atomic E-state index is 13.2. The van der Waals surface area contributed by atoms with E-state index in [1.807, 2.05) is 0 Å². The SMILES string of the molecule is CC(C)(ON=C(C(=O)N[C@H]1C(=O)N(S(=O)(=O)O)[C@H]1C(N)=O)c1csc(NC(=O)CCl)n1)C(=O)OCc1ccc([N+](=O)[O-])cc1. The van der Waals surface area contributed by atoms with Gasteiger partial charge in [-0.2, -0.15) is 12.7 Å². The number of esters is 1. The summed E-state index contributed by atoms with van der Waals surface area (Å²) in [6.07, 6.45) is 0. The normalized spacial score (nSPS) is 16.9. The number of carbonyl (C=O) groups excluding carboxylic acids is 5. The fraction of sp³-hybridized carbons (Fsp3) is 0.318. The summed E-state index contributed by atoms with van der Waals surface area (Å²) >= 11 is 6.29. The number of nitrogens with one attached hydrogen (secondary N) is 2. The van der Waals surface area contributed by atoms with Gasteiger partial charge >= 0.3 is 16.3 Å². The number of thiazole rings is 1. The van der Waals surface area contributed by atoms with Crippen molar-refractivity contribution in [1.82, 2.24) is 14.6 Å². The van der Waals surface area contributed by atoms with E-state index in [4.69, 9.17) is 26.9 Å². The molecule has 0 radical (unpaired) electrons. The minimum Gasteiger partial charge on any atom is -0.458 e. The number of nitrogens with two attached hydrogens (primary N) is 1. The summed E-state index contributed by atoms with van der Waals surface area (Å²) in [6, 6.07) is 1.33. The Balaban J connectivity index is 1.84. The second-order valence-corrected chi connectivity index (χ2v) is 11.6. The maximum absolute atomic E-state index is 13.2. The van der Waals surface area contributed by atoms with E-state index < -0.39 is 74.1 Å². The van der Waals surface area contributed by atoms with Gasteiger partial charge in [-0.3, -0.25) is 33.8 Å². The summed E-state index contributed by atoms with van der Waals surface area (Å²) in [5, 5.41) is 20.1. The van der Waals surface area contributed by atoms with Crippen molar-refractivity contribution in [3.05, 3.63) is 51.0 Å². The molecule has 0 spiro atoms. The zero-order chi connectivity index (χ0) is 33.0. The first-order chi connectivity index (χ1) is 20.5. The van der Waals surface area contributed by atoms with E-state index >= 15 is 0 Å². The molecule has 19 nitrogen and oxygen atoms in total. The molecule has 44 heavy (non-hydrogen) atoms. The van der Waals surface area contributed by atoms with Crippen molar-refractivity contribution in [3.8, 4) is 0 Å². The molecule has 2 heterocycles. The van der Waals surface area contributed by atoms with Crippen molar-refractivity contribution in [3.63, 3.8) is 0 Å². The number of non-ortho nitro benzene ring substituents is 1. The standard InChI is InChI=1S/C22H22ClN7O12S2/c1-22(2,20(35)41-8-10-3-5-11(6-4-10)30(36)37)42-28-14(12-9-43-21(25-12)26-13(31)7-23)18(33)27-15-16(17(24)32)29(19(15)34)44(38,39)40/h3-6,9,15-16H,7-8H2,1-2H3,(H2,24,32)(H,27,33)(H,25,26,31)(H,38,39,40)/t15-,16-/m1/s1. The third-order valence-electron chi connectivity index (χ3n) is 5.58. The quantitative estimate of drug-likeness (QED) is 0.0395. The van der Waals surface area contributed by atoms with Crippen molar-refractivity contribution >= 4 is 79.4 Å². The Morgan fingerprint density at radius 2 is 1.91 bits per heavy atom. The number of amides is 4. The molecule has 2 atom stereocenters. The molecule has 0 unspecified atom stereocenters. The van der Waals surface area contributed by atoms with E-state index in [9.17, 15) is 47.1 Å². The molecule has 2 aromatic rings. The number of carbonyl (C=O) groups is 5. The number of hydrogen-bond acceptors (Lipinski definition) is 14. The van der Waals surface area contributed by atoms with Crippen molar-refractivity contribution in [2.45, 2.75) is 38.1 Å². The second-order valence-electron chi connectivity index (χ2n) is 9.17. The molecule has 0 aliphatic carbocycles. The van der Waals surface area contributed by atoms with Crippen molar-refractivity contribution < 1.29 is 51.4 Å². The summed E-state index contributed by atoms with van der Waals surface area (Å²) < 4.78 is 37.1. The molecule has 1 fully saturated rings. The molecule has 1 aromatic carbocycles. The van der Waals surface area contributed by atoms with Crippen molar-refractivity contribution in [2.24, 2.45) is 10.9 Å². The fourth-order valence-corrected chi connectivity index (χ4v) is 5.01. The maximum Gasteiger partial charge on any atom is 0.363 e. The Morgan fingerprint density at radius 1 is 1.27 bits per heavy atom. The highest BCUT2D eigenvalue weighted by Crippen LogP contribution is 2.24. The molecule has 1 aliphatic heterocycles. The van der Waals surface area contributed by atoms with Crippen LogP contribution in [-0.4, -0.2) is 86.1 Å². The molecule has 22 heteroatoms. The molecule has 1 saturated heterocycles. The van der Waals surface area contributed by atoms with Gasteiger partial charge in [0.05, 0.1) is 4.92 Å². The lowest BCUT2D eigenvalue weighted by molar-refractivity contribution is -0.384. The van der Waals surface area contributed by atoms with Gasteiger partial charge in [-0.05, 0) is 31.5 Å². The average Bonchev–Trinajstić information content (AvgIpc) is 3.39. The number of anilines is 1. The van der Waals surface area contributed by atoms with Crippen LogP contribution in [-0.2, 0) is 50.5 Å². The number of oxime groups is 1. The third kappa shape index (κ3) is 7.80. The van der Waals surface area contributed by atoms with Crippen molar-refractivity contribution in [2.75, 3.05) is 11.2 Å². The zero-order valence-electron chi connectivity index (χ0n) is 22.5. The van der Waals surface area contributed by atoms with Crippen LogP contribution in [0.5, 0.6) is 0 Å². The Bertz CT molecular complexity index is 1640. The van der Waals surface area contributed by atoms with E-state index in [1.165, 1.54) is 43.5 Å². The Labute approximate surface area is 256 Å². The first-order valence-electron chi connectivity index (χ1n) is 11.9. The summed E-state index contributed by atoms with van der Waals surface area (Å²) in [5.41, 5.74) is 2.54. The van der Waals surface area contributed by atoms with E-state index in [1.54, 1.807) is 0 Å². The topological polar surface area (TPSA) is 280 Å². The van der Waals surface area contributed by atoms with Crippen LogP contribution in [0, 0.1) is 10.1 Å². The smallest absolute Gasteiger partial charge is 0.363 e. The number of ether oxygens (including phenoxy) is 1. The van der Waals surface area contributed by atoms with Gasteiger partial charge in [-0.15, -0.1) is 22.9 Å². The van der Waals surface area contributed by atoms with Gasteiger partial charge < -0.3 is 25.9 Å². The Kier molecular flexibility index (Phi) is 10.2. The van der Waals surface area contributed by atoms with Crippen molar-refractivity contribution in [1.29, 1.82) is 0 Å². The minimum absolute atomic E-state index is 0.0415. The number of nitrogens with zero attached hydrogens (tertiary/aromatic N) is 4. The van der Waals surface area contributed by atoms with Crippen LogP contribution in [0.1, 0.15) is 25.1 Å². The minimum atomic E-state index is -5.20. The third-order valence-corrected chi connectivity index (χ3v) is 7.49. The number of hydrogen-bond donors (Lipinski definition) is 4. The Morgan fingerprint density at radius 3 is 2.45 bits per heavy atom. The molecule has 236 valence electrons. The number of benzene rings is 1. The van der Waals surface area contributed by atoms with E-state index in [2.05, 4.69) is 20.8 Å². The molecule has 5 N–H and O–H groups in total. The first kappa shape index (κ1) is 33.8. The van der Waals surface area contributed by atoms with Crippen LogP contribution < -0.4 is 16.4 Å². The predicted molar refractivity (Wildman–Crippen MR) is 149 cm³/mol. The molecule has 1 aromatic heterocycles. The number of nitro groups is 1. The van der Waals surface area contributed by atoms with Gasteiger partial charge in [0, 0.05) is 17.5 Å². The summed E-state index contributed by atoms with van der Waals surface area (Å²) in [5.74, 6) is -6.08. The molecular formula is C22H22ClN7O12S2. The van der Waals surface area contributed by atoms with E-state index in [0.717, 1.165) is 11.3 Å². The van der Waals surface area contributed by atoms with Crippen LogP contribution >= 0.6 is 22.9 Å². The number of halogens is 1. The van der Waals surface area contributed by atoms with Gasteiger partial charge in [0.25, 0.3) is 17.5 Å². The van der Waals surface area contributed by atoms with Crippen LogP contribution in [0.25, 0.3) is 0 Å². The van der Waals surface area contributed by atoms with Gasteiger partial charge in [0.2, 0.25) is 17.4 Å². The van der Waals surface area contributed by atoms with Crippen LogP contribution in [0.15, 0.2) is 34.8 Å². The molecule has 0 bridgehead atoms. The van der Waals surface area contributed by atoms with Gasteiger partial charge in [-0.25, -0.2) is 9.78 Å². The highest BCUT2D eigenvalue weighted by atomic mass is 35.5. The summed E-state index contributed by atoms with van der Waals surface area (Å²) in [7, 11) is -5.20. The Hall–Kier alpha value is -4.73. The number of rotatable bonds is 13. The monoisotopic (exact) mass is 675 g/mol. The van der Waals surface area contributed by atoms with Gasteiger partial charge in [-0.1, -0.05) is 5.16 Å². The first-order valence-corrected chi connectivity index (χ1v) is 14.7. The van der Waals surface area contributed by atoms with Gasteiger partial charge in [0.15, 0.2) is 16.9 Å². The summed E-state index contributed by atoms with van der Waals surface area (Å²) in [6.45, 7) is 2.14. The lowest BCUT2D eigenvalue weighted by atomic mass is 9.98. The molecular weight excluding hydrogens is 654 g/mol. The van der Waals surface area contributed by atoms with E-state index in [-0.39, 0.29) is 27.4 Å².